The molecule has 7 aliphatic rings. The second-order valence-electron chi connectivity index (χ2n) is 15.1. The van der Waals surface area contributed by atoms with Crippen molar-refractivity contribution in [1.82, 2.24) is 0 Å². The fraction of sp³-hybridized carbons (Fsp3) is 0.292. The third-order valence-corrected chi connectivity index (χ3v) is 11.8. The molecule has 5 heteroatoms. The van der Waals surface area contributed by atoms with Crippen LogP contribution >= 0.6 is 0 Å². The van der Waals surface area contributed by atoms with Crippen LogP contribution in [0.2, 0.25) is 0 Å². The van der Waals surface area contributed by atoms with Crippen LogP contribution in [0.5, 0.6) is 11.5 Å². The minimum absolute atomic E-state index is 0.0339. The third kappa shape index (κ3) is 5.92. The van der Waals surface area contributed by atoms with Gasteiger partial charge in [-0.25, -0.2) is 0 Å². The van der Waals surface area contributed by atoms with Crippen molar-refractivity contribution in [1.29, 1.82) is 0 Å². The Morgan fingerprint density at radius 3 is 1.70 bits per heavy atom. The predicted molar refractivity (Wildman–Crippen MR) is 207 cm³/mol. The van der Waals surface area contributed by atoms with Gasteiger partial charge in [0.1, 0.15) is 42.8 Å². The maximum absolute atomic E-state index is 7.09. The molecule has 4 bridgehead atoms. The van der Waals surface area contributed by atoms with Gasteiger partial charge in [0.15, 0.2) is 0 Å². The number of hydrogen-bond acceptors (Lipinski definition) is 5. The first-order chi connectivity index (χ1) is 26.1. The monoisotopic (exact) mass is 702 g/mol. The molecule has 2 spiro atoms. The zero-order valence-corrected chi connectivity index (χ0v) is 30.5. The lowest BCUT2D eigenvalue weighted by molar-refractivity contribution is 0.0863. The van der Waals surface area contributed by atoms with Crippen molar-refractivity contribution in [2.45, 2.75) is 51.4 Å². The van der Waals surface area contributed by atoms with Gasteiger partial charge in [0, 0.05) is 12.0 Å². The van der Waals surface area contributed by atoms with Crippen molar-refractivity contribution in [2.24, 2.45) is 17.3 Å². The van der Waals surface area contributed by atoms with Crippen molar-refractivity contribution < 1.29 is 23.7 Å². The van der Waals surface area contributed by atoms with Gasteiger partial charge in [0.25, 0.3) is 0 Å². The topological polar surface area (TPSA) is 46.2 Å². The molecule has 0 aromatic heterocycles. The van der Waals surface area contributed by atoms with Crippen molar-refractivity contribution >= 4 is 0 Å². The van der Waals surface area contributed by atoms with Crippen LogP contribution in [0.4, 0.5) is 0 Å². The van der Waals surface area contributed by atoms with Crippen LogP contribution in [-0.4, -0.2) is 19.8 Å². The van der Waals surface area contributed by atoms with Gasteiger partial charge >= 0.3 is 0 Å². The average Bonchev–Trinajstić information content (AvgIpc) is 3.53. The van der Waals surface area contributed by atoms with Gasteiger partial charge in [-0.2, -0.15) is 0 Å². The summed E-state index contributed by atoms with van der Waals surface area (Å²) >= 11 is 0. The summed E-state index contributed by atoms with van der Waals surface area (Å²) in [6, 6.07) is 44.6. The summed E-state index contributed by atoms with van der Waals surface area (Å²) in [6.07, 6.45) is 5.86. The highest BCUT2D eigenvalue weighted by molar-refractivity contribution is 5.65. The van der Waals surface area contributed by atoms with E-state index >= 15 is 0 Å². The number of hydrogen-bond donors (Lipinski definition) is 0. The Hall–Kier alpha value is -5.26. The Labute approximate surface area is 312 Å². The van der Waals surface area contributed by atoms with E-state index in [1.54, 1.807) is 0 Å². The summed E-state index contributed by atoms with van der Waals surface area (Å²) in [5.74, 6) is 3.77. The summed E-state index contributed by atoms with van der Waals surface area (Å²) < 4.78 is 33.3. The van der Waals surface area contributed by atoms with Gasteiger partial charge in [0.2, 0.25) is 0 Å². The normalized spacial score (nSPS) is 23.7. The van der Waals surface area contributed by atoms with Crippen LogP contribution in [0, 0.1) is 17.3 Å². The summed E-state index contributed by atoms with van der Waals surface area (Å²) in [5, 5.41) is 0. The van der Waals surface area contributed by atoms with Crippen LogP contribution in [0.1, 0.15) is 65.1 Å². The van der Waals surface area contributed by atoms with Gasteiger partial charge in [-0.15, -0.1) is 0 Å². The fourth-order valence-electron chi connectivity index (χ4n) is 8.95. The van der Waals surface area contributed by atoms with Crippen LogP contribution in [0.3, 0.4) is 0 Å². The maximum Gasteiger partial charge on any atom is 0.123 e. The zero-order chi connectivity index (χ0) is 35.8. The van der Waals surface area contributed by atoms with Crippen LogP contribution < -0.4 is 9.47 Å². The van der Waals surface area contributed by atoms with Crippen molar-refractivity contribution in [3.05, 3.63) is 190 Å². The lowest BCUT2D eigenvalue weighted by Gasteiger charge is -2.54. The Morgan fingerprint density at radius 2 is 1.11 bits per heavy atom. The molecule has 5 aromatic carbocycles. The molecular formula is C48H46O5. The molecular weight excluding hydrogens is 657 g/mol. The second-order valence-corrected chi connectivity index (χ2v) is 15.1. The Morgan fingerprint density at radius 1 is 0.585 bits per heavy atom. The molecule has 12 rings (SSSR count). The maximum atomic E-state index is 7.09. The van der Waals surface area contributed by atoms with Crippen LogP contribution in [-0.2, 0) is 39.4 Å². The molecule has 0 N–H and O–H groups in total. The zero-order valence-electron chi connectivity index (χ0n) is 30.5. The molecule has 0 unspecified atom stereocenters. The van der Waals surface area contributed by atoms with Gasteiger partial charge in [-0.3, -0.25) is 0 Å². The molecule has 0 radical (unpaired) electrons. The highest BCUT2D eigenvalue weighted by Crippen LogP contribution is 2.66. The quantitative estimate of drug-likeness (QED) is 0.122. The highest BCUT2D eigenvalue weighted by Gasteiger charge is 2.64. The van der Waals surface area contributed by atoms with E-state index in [2.05, 4.69) is 111 Å². The first-order valence-corrected chi connectivity index (χ1v) is 19.0. The van der Waals surface area contributed by atoms with E-state index < -0.39 is 10.8 Å². The molecule has 6 aliphatic carbocycles. The molecule has 1 fully saturated rings. The van der Waals surface area contributed by atoms with E-state index in [9.17, 15) is 0 Å². The molecule has 268 valence electrons. The SMILES string of the molecule is CC[C@H](C)COC1=C[C@]23C=C(OCc4cc(OCc5ccccc5)cc(OCc5ccccc5)c4)[C@H]1C1c4ccccc4C2(COC3)c2ccccc21. The number of rotatable bonds is 13. The first kappa shape index (κ1) is 33.6. The highest BCUT2D eigenvalue weighted by atomic mass is 16.5. The van der Waals surface area contributed by atoms with Crippen molar-refractivity contribution in [3.63, 3.8) is 0 Å². The molecule has 0 saturated carbocycles. The fourth-order valence-corrected chi connectivity index (χ4v) is 8.95. The van der Waals surface area contributed by atoms with E-state index in [-0.39, 0.29) is 11.8 Å². The molecule has 0 amide bonds. The minimum Gasteiger partial charge on any atom is -0.497 e. The molecule has 5 aromatic rings. The molecule has 1 saturated heterocycles. The van der Waals surface area contributed by atoms with E-state index in [1.807, 2.05) is 42.5 Å². The summed E-state index contributed by atoms with van der Waals surface area (Å²) in [4.78, 5) is 0. The van der Waals surface area contributed by atoms with Crippen LogP contribution in [0.25, 0.3) is 0 Å². The molecule has 1 aliphatic heterocycles. The van der Waals surface area contributed by atoms with E-state index in [0.29, 0.717) is 45.6 Å². The predicted octanol–water partition coefficient (Wildman–Crippen LogP) is 10.3. The van der Waals surface area contributed by atoms with E-state index in [4.69, 9.17) is 23.7 Å². The smallest absolute Gasteiger partial charge is 0.123 e. The molecule has 53 heavy (non-hydrogen) atoms. The largest absolute Gasteiger partial charge is 0.497 e. The van der Waals surface area contributed by atoms with E-state index in [1.165, 1.54) is 22.3 Å². The lowest BCUT2D eigenvalue weighted by atomic mass is 9.48. The van der Waals surface area contributed by atoms with E-state index in [0.717, 1.165) is 46.1 Å². The van der Waals surface area contributed by atoms with Crippen molar-refractivity contribution in [3.8, 4) is 11.5 Å². The Kier molecular flexibility index (Phi) is 8.83. The van der Waals surface area contributed by atoms with Gasteiger partial charge in [-0.05, 0) is 69.1 Å². The molecule has 3 atom stereocenters. The van der Waals surface area contributed by atoms with Crippen LogP contribution in [0.15, 0.2) is 151 Å². The summed E-state index contributed by atoms with van der Waals surface area (Å²) in [7, 11) is 0. The van der Waals surface area contributed by atoms with Gasteiger partial charge < -0.3 is 23.7 Å². The third-order valence-electron chi connectivity index (χ3n) is 11.8. The number of ether oxygens (including phenoxy) is 5. The van der Waals surface area contributed by atoms with Gasteiger partial charge in [-0.1, -0.05) is 129 Å². The summed E-state index contributed by atoms with van der Waals surface area (Å²) in [5.41, 5.74) is 7.72. The Balaban J connectivity index is 1.10. The average molecular weight is 703 g/mol. The second kappa shape index (κ2) is 13.9. The van der Waals surface area contributed by atoms with Gasteiger partial charge in [0.05, 0.1) is 36.6 Å². The minimum atomic E-state index is -0.480. The standard InChI is InChI=1S/C48H46O5/c1-3-33(2)27-52-43-25-47-26-44(46(43)45-39-18-10-12-20-41(39)48(47,32-49-31-47)42-21-13-11-19-40(42)45)53-30-36-22-37(50-28-34-14-6-4-7-15-34)24-38(23-36)51-29-35-16-8-5-9-17-35/h4-26,33,45-46H,3,27-32H2,1-2H3/t33-,45?,46-,47+,48?/m0/s1. The number of benzene rings is 5. The molecule has 1 heterocycles. The lowest BCUT2D eigenvalue weighted by Crippen LogP contribution is -2.52. The Bertz CT molecular complexity index is 2040. The van der Waals surface area contributed by atoms with Crippen molar-refractivity contribution in [2.75, 3.05) is 19.8 Å². The summed E-state index contributed by atoms with van der Waals surface area (Å²) in [6.45, 7) is 7.57. The molecule has 5 nitrogen and oxygen atoms in total. The first-order valence-electron chi connectivity index (χ1n) is 19.0.